The predicted octanol–water partition coefficient (Wildman–Crippen LogP) is 5.39. The van der Waals surface area contributed by atoms with E-state index in [1.54, 1.807) is 18.2 Å². The molecule has 0 unspecified atom stereocenters. The molecule has 9 nitrogen and oxygen atoms in total. The van der Waals surface area contributed by atoms with Crippen molar-refractivity contribution < 1.29 is 23.6 Å². The Labute approximate surface area is 201 Å². The van der Waals surface area contributed by atoms with Gasteiger partial charge in [-0.05, 0) is 55.3 Å². The second-order valence-electron chi connectivity index (χ2n) is 7.71. The molecule has 1 amide bonds. The summed E-state index contributed by atoms with van der Waals surface area (Å²) in [7, 11) is 0. The number of ether oxygens (including phenoxy) is 2. The summed E-state index contributed by atoms with van der Waals surface area (Å²) < 4.78 is 17.1. The molecule has 4 rings (SSSR count). The largest absolute Gasteiger partial charge is 0.490 e. The molecule has 0 bridgehead atoms. The normalized spacial score (nSPS) is 11.0. The monoisotopic (exact) mass is 473 g/mol. The molecular formula is C26H23N3O6. The summed E-state index contributed by atoms with van der Waals surface area (Å²) in [6.45, 7) is 4.78. The van der Waals surface area contributed by atoms with E-state index in [1.165, 1.54) is 30.5 Å². The van der Waals surface area contributed by atoms with Gasteiger partial charge < -0.3 is 13.9 Å². The minimum Gasteiger partial charge on any atom is -0.490 e. The van der Waals surface area contributed by atoms with Gasteiger partial charge in [-0.3, -0.25) is 14.9 Å². The zero-order valence-corrected chi connectivity index (χ0v) is 19.2. The standard InChI is InChI=1S/C26H23N3O6/c1-3-33-24-12-18(7-9-23(24)34-16-19-6-4-5-17(2)11-19)15-27-28-26(30)25-14-20-13-21(29(31)32)8-10-22(20)35-25/h4-15H,3,16H2,1-2H3,(H,28,30)/b27-15+. The smallest absolute Gasteiger partial charge is 0.307 e. The van der Waals surface area contributed by atoms with Crippen molar-refractivity contribution in [1.82, 2.24) is 5.43 Å². The van der Waals surface area contributed by atoms with Crippen LogP contribution in [0.3, 0.4) is 0 Å². The molecule has 0 fully saturated rings. The SMILES string of the molecule is CCOc1cc(/C=N/NC(=O)c2cc3cc([N+](=O)[O-])ccc3o2)ccc1OCc1cccc(C)c1. The fourth-order valence-corrected chi connectivity index (χ4v) is 3.43. The van der Waals surface area contributed by atoms with Crippen LogP contribution in [-0.2, 0) is 6.61 Å². The van der Waals surface area contributed by atoms with Crippen molar-refractivity contribution in [3.63, 3.8) is 0 Å². The Bertz CT molecular complexity index is 1410. The van der Waals surface area contributed by atoms with E-state index in [2.05, 4.69) is 16.6 Å². The first kappa shape index (κ1) is 23.5. The van der Waals surface area contributed by atoms with Gasteiger partial charge in [0.05, 0.1) is 17.7 Å². The van der Waals surface area contributed by atoms with Gasteiger partial charge in [-0.2, -0.15) is 5.10 Å². The van der Waals surface area contributed by atoms with Gasteiger partial charge in [-0.1, -0.05) is 29.8 Å². The predicted molar refractivity (Wildman–Crippen MR) is 131 cm³/mol. The first-order chi connectivity index (χ1) is 16.9. The molecular weight excluding hydrogens is 450 g/mol. The fraction of sp³-hybridized carbons (Fsp3) is 0.154. The van der Waals surface area contributed by atoms with Crippen molar-refractivity contribution in [2.75, 3.05) is 6.61 Å². The Morgan fingerprint density at radius 3 is 2.71 bits per heavy atom. The van der Waals surface area contributed by atoms with Crippen LogP contribution >= 0.6 is 0 Å². The van der Waals surface area contributed by atoms with Crippen molar-refractivity contribution in [3.05, 3.63) is 99.3 Å². The first-order valence-corrected chi connectivity index (χ1v) is 10.9. The molecule has 1 heterocycles. The molecule has 35 heavy (non-hydrogen) atoms. The number of furan rings is 1. The first-order valence-electron chi connectivity index (χ1n) is 10.9. The van der Waals surface area contributed by atoms with Gasteiger partial charge in [0.1, 0.15) is 12.2 Å². The molecule has 0 atom stereocenters. The van der Waals surface area contributed by atoms with Gasteiger partial charge >= 0.3 is 5.91 Å². The summed E-state index contributed by atoms with van der Waals surface area (Å²) in [4.78, 5) is 22.8. The molecule has 1 aromatic heterocycles. The molecule has 0 aliphatic rings. The molecule has 1 N–H and O–H groups in total. The zero-order chi connectivity index (χ0) is 24.8. The van der Waals surface area contributed by atoms with E-state index in [0.717, 1.165) is 11.1 Å². The van der Waals surface area contributed by atoms with Gasteiger partial charge in [0, 0.05) is 17.5 Å². The number of non-ortho nitro benzene ring substituents is 1. The third kappa shape index (κ3) is 5.83. The van der Waals surface area contributed by atoms with Gasteiger partial charge in [0.15, 0.2) is 17.3 Å². The van der Waals surface area contributed by atoms with E-state index in [1.807, 2.05) is 32.0 Å². The van der Waals surface area contributed by atoms with E-state index in [0.29, 0.717) is 41.2 Å². The highest BCUT2D eigenvalue weighted by atomic mass is 16.6. The summed E-state index contributed by atoms with van der Waals surface area (Å²) in [5.41, 5.74) is 5.59. The minimum absolute atomic E-state index is 0.00690. The van der Waals surface area contributed by atoms with Gasteiger partial charge in [0.25, 0.3) is 5.69 Å². The van der Waals surface area contributed by atoms with Crippen LogP contribution in [0.4, 0.5) is 5.69 Å². The number of rotatable bonds is 9. The summed E-state index contributed by atoms with van der Waals surface area (Å²) in [5.74, 6) is 0.580. The second-order valence-corrected chi connectivity index (χ2v) is 7.71. The fourth-order valence-electron chi connectivity index (χ4n) is 3.43. The zero-order valence-electron chi connectivity index (χ0n) is 19.2. The molecule has 0 spiro atoms. The molecule has 3 aromatic carbocycles. The molecule has 4 aromatic rings. The van der Waals surface area contributed by atoms with Crippen LogP contribution < -0.4 is 14.9 Å². The highest BCUT2D eigenvalue weighted by molar-refractivity contribution is 5.97. The second kappa shape index (κ2) is 10.5. The Kier molecular flexibility index (Phi) is 7.06. The maximum atomic E-state index is 12.4. The van der Waals surface area contributed by atoms with Crippen molar-refractivity contribution in [3.8, 4) is 11.5 Å². The topological polar surface area (TPSA) is 116 Å². The number of carbonyl (C=O) groups excluding carboxylic acids is 1. The minimum atomic E-state index is -0.580. The summed E-state index contributed by atoms with van der Waals surface area (Å²) in [6.07, 6.45) is 1.47. The average molecular weight is 473 g/mol. The van der Waals surface area contributed by atoms with Crippen molar-refractivity contribution in [2.24, 2.45) is 5.10 Å². The summed E-state index contributed by atoms with van der Waals surface area (Å²) in [5, 5.41) is 15.4. The lowest BCUT2D eigenvalue weighted by atomic mass is 10.1. The molecule has 0 saturated heterocycles. The summed E-state index contributed by atoms with van der Waals surface area (Å²) >= 11 is 0. The Morgan fingerprint density at radius 2 is 1.94 bits per heavy atom. The number of nitro benzene ring substituents is 1. The molecule has 0 saturated carbocycles. The van der Waals surface area contributed by atoms with Gasteiger partial charge in [-0.15, -0.1) is 0 Å². The van der Waals surface area contributed by atoms with Crippen LogP contribution in [0, 0.1) is 17.0 Å². The number of benzene rings is 3. The maximum Gasteiger partial charge on any atom is 0.307 e. The lowest BCUT2D eigenvalue weighted by Crippen LogP contribution is -2.16. The number of nitrogens with one attached hydrogen (secondary N) is 1. The highest BCUT2D eigenvalue weighted by Crippen LogP contribution is 2.29. The van der Waals surface area contributed by atoms with Crippen LogP contribution in [0.5, 0.6) is 11.5 Å². The number of hydrogen-bond donors (Lipinski definition) is 1. The quantitative estimate of drug-likeness (QED) is 0.198. The van der Waals surface area contributed by atoms with Gasteiger partial charge in [-0.25, -0.2) is 5.43 Å². The molecule has 0 radical (unpaired) electrons. The number of carbonyl (C=O) groups is 1. The van der Waals surface area contributed by atoms with Crippen LogP contribution in [-0.4, -0.2) is 23.7 Å². The van der Waals surface area contributed by atoms with Crippen LogP contribution in [0.2, 0.25) is 0 Å². The van der Waals surface area contributed by atoms with E-state index in [4.69, 9.17) is 13.9 Å². The number of hydrazone groups is 1. The van der Waals surface area contributed by atoms with E-state index < -0.39 is 10.8 Å². The van der Waals surface area contributed by atoms with Crippen molar-refractivity contribution in [1.29, 1.82) is 0 Å². The van der Waals surface area contributed by atoms with Crippen LogP contribution in [0.25, 0.3) is 11.0 Å². The number of hydrogen-bond acceptors (Lipinski definition) is 7. The Hall–Kier alpha value is -4.66. The molecule has 0 aliphatic carbocycles. The number of nitrogens with zero attached hydrogens (tertiary/aromatic N) is 2. The highest BCUT2D eigenvalue weighted by Gasteiger charge is 2.14. The van der Waals surface area contributed by atoms with Crippen molar-refractivity contribution in [2.45, 2.75) is 20.5 Å². The lowest BCUT2D eigenvalue weighted by Gasteiger charge is -2.13. The maximum absolute atomic E-state index is 12.4. The third-order valence-corrected chi connectivity index (χ3v) is 5.06. The molecule has 178 valence electrons. The van der Waals surface area contributed by atoms with Crippen molar-refractivity contribution >= 4 is 28.8 Å². The van der Waals surface area contributed by atoms with Crippen LogP contribution in [0.15, 0.2) is 76.2 Å². The van der Waals surface area contributed by atoms with E-state index >= 15 is 0 Å². The van der Waals surface area contributed by atoms with E-state index in [9.17, 15) is 14.9 Å². The van der Waals surface area contributed by atoms with Crippen LogP contribution in [0.1, 0.15) is 34.2 Å². The third-order valence-electron chi connectivity index (χ3n) is 5.06. The molecule has 0 aliphatic heterocycles. The Morgan fingerprint density at radius 1 is 1.09 bits per heavy atom. The number of nitro groups is 1. The van der Waals surface area contributed by atoms with Gasteiger partial charge in [0.2, 0.25) is 0 Å². The number of fused-ring (bicyclic) bond motifs is 1. The number of aryl methyl sites for hydroxylation is 1. The lowest BCUT2D eigenvalue weighted by molar-refractivity contribution is -0.384. The number of amides is 1. The Balaban J connectivity index is 1.42. The average Bonchev–Trinajstić information content (AvgIpc) is 3.27. The summed E-state index contributed by atoms with van der Waals surface area (Å²) in [6, 6.07) is 19.0. The molecule has 9 heteroatoms. The van der Waals surface area contributed by atoms with E-state index in [-0.39, 0.29) is 11.4 Å².